The third-order valence-electron chi connectivity index (χ3n) is 3.35. The Labute approximate surface area is 110 Å². The van der Waals surface area contributed by atoms with Crippen LogP contribution in [-0.2, 0) is 4.74 Å². The maximum absolute atomic E-state index is 5.27. The lowest BCUT2D eigenvalue weighted by Gasteiger charge is -2.34. The number of hydrogen-bond donors (Lipinski definition) is 1. The molecule has 0 bridgehead atoms. The van der Waals surface area contributed by atoms with Gasteiger partial charge in [0, 0.05) is 13.2 Å². The van der Waals surface area contributed by atoms with Gasteiger partial charge in [0.1, 0.15) is 5.75 Å². The molecule has 18 heavy (non-hydrogen) atoms. The van der Waals surface area contributed by atoms with Crippen molar-refractivity contribution in [2.45, 2.75) is 25.0 Å². The van der Waals surface area contributed by atoms with Crippen LogP contribution in [0.3, 0.4) is 0 Å². The number of thiazole rings is 1. The molecule has 1 aliphatic rings. The molecule has 4 nitrogen and oxygen atoms in total. The van der Waals surface area contributed by atoms with Crippen LogP contribution in [0, 0.1) is 0 Å². The third kappa shape index (κ3) is 2.15. The highest BCUT2D eigenvalue weighted by atomic mass is 32.1. The maximum Gasteiger partial charge on any atom is 0.184 e. The van der Waals surface area contributed by atoms with Gasteiger partial charge in [-0.15, -0.1) is 0 Å². The van der Waals surface area contributed by atoms with Crippen molar-refractivity contribution < 1.29 is 9.47 Å². The number of anilines is 1. The Hall–Kier alpha value is -1.33. The molecule has 3 rings (SSSR count). The van der Waals surface area contributed by atoms with Gasteiger partial charge in [0.25, 0.3) is 0 Å². The van der Waals surface area contributed by atoms with Crippen LogP contribution < -0.4 is 10.1 Å². The second kappa shape index (κ2) is 4.74. The van der Waals surface area contributed by atoms with Crippen molar-refractivity contribution in [1.29, 1.82) is 0 Å². The molecule has 1 aromatic carbocycles. The topological polar surface area (TPSA) is 43.4 Å². The number of rotatable bonds is 4. The average Bonchev–Trinajstić information content (AvgIpc) is 2.74. The van der Waals surface area contributed by atoms with E-state index < -0.39 is 0 Å². The van der Waals surface area contributed by atoms with Crippen molar-refractivity contribution in [2.24, 2.45) is 0 Å². The molecule has 1 heterocycles. The second-order valence-corrected chi connectivity index (χ2v) is 5.55. The highest BCUT2D eigenvalue weighted by molar-refractivity contribution is 7.22. The molecule has 0 unspecified atom stereocenters. The van der Waals surface area contributed by atoms with Gasteiger partial charge in [-0.2, -0.15) is 0 Å². The number of nitrogens with one attached hydrogen (secondary N) is 1. The zero-order valence-corrected chi connectivity index (χ0v) is 11.3. The molecule has 96 valence electrons. The van der Waals surface area contributed by atoms with Crippen LogP contribution >= 0.6 is 11.3 Å². The molecular weight excluding hydrogens is 248 g/mol. The summed E-state index contributed by atoms with van der Waals surface area (Å²) in [7, 11) is 3.45. The van der Waals surface area contributed by atoms with Crippen molar-refractivity contribution >= 4 is 26.7 Å². The number of fused-ring (bicyclic) bond motifs is 1. The van der Waals surface area contributed by atoms with Crippen molar-refractivity contribution in [3.8, 4) is 5.75 Å². The minimum absolute atomic E-state index is 0.414. The summed E-state index contributed by atoms with van der Waals surface area (Å²) >= 11 is 1.67. The van der Waals surface area contributed by atoms with Crippen LogP contribution in [-0.4, -0.2) is 31.3 Å². The molecule has 5 heteroatoms. The molecule has 0 saturated heterocycles. The molecule has 0 amide bonds. The summed E-state index contributed by atoms with van der Waals surface area (Å²) in [6.07, 6.45) is 2.54. The fraction of sp³-hybridized carbons (Fsp3) is 0.462. The summed E-state index contributed by atoms with van der Waals surface area (Å²) in [6.45, 7) is 0. The molecule has 1 saturated carbocycles. The van der Waals surface area contributed by atoms with E-state index in [1.165, 1.54) is 0 Å². The van der Waals surface area contributed by atoms with Crippen LogP contribution in [0.25, 0.3) is 10.2 Å². The molecule has 1 fully saturated rings. The molecule has 1 aromatic heterocycles. The lowest BCUT2D eigenvalue weighted by Crippen LogP contribution is -2.40. The van der Waals surface area contributed by atoms with Crippen LogP contribution in [0.2, 0.25) is 0 Å². The van der Waals surface area contributed by atoms with Gasteiger partial charge in [-0.1, -0.05) is 11.3 Å². The largest absolute Gasteiger partial charge is 0.497 e. The van der Waals surface area contributed by atoms with Gasteiger partial charge in [0.05, 0.1) is 23.4 Å². The Morgan fingerprint density at radius 2 is 2.17 bits per heavy atom. The summed E-state index contributed by atoms with van der Waals surface area (Å²) in [5.41, 5.74) is 1.02. The fourth-order valence-electron chi connectivity index (χ4n) is 2.14. The Morgan fingerprint density at radius 1 is 1.33 bits per heavy atom. The second-order valence-electron chi connectivity index (χ2n) is 4.52. The first kappa shape index (κ1) is 11.7. The zero-order valence-electron chi connectivity index (χ0n) is 10.5. The maximum atomic E-state index is 5.27. The first-order valence-electron chi connectivity index (χ1n) is 6.02. The fourth-order valence-corrected chi connectivity index (χ4v) is 3.12. The molecule has 0 radical (unpaired) electrons. The first-order chi connectivity index (χ1) is 8.78. The number of hydrogen-bond acceptors (Lipinski definition) is 5. The Bertz CT molecular complexity index is 549. The van der Waals surface area contributed by atoms with Crippen LogP contribution in [0.15, 0.2) is 18.2 Å². The summed E-state index contributed by atoms with van der Waals surface area (Å²) in [6, 6.07) is 6.46. The number of ether oxygens (including phenoxy) is 2. The monoisotopic (exact) mass is 264 g/mol. The number of aromatic nitrogens is 1. The van der Waals surface area contributed by atoms with E-state index in [0.29, 0.717) is 12.1 Å². The highest BCUT2D eigenvalue weighted by Gasteiger charge is 2.29. The van der Waals surface area contributed by atoms with E-state index in [0.717, 1.165) is 33.9 Å². The van der Waals surface area contributed by atoms with Gasteiger partial charge >= 0.3 is 0 Å². The number of benzene rings is 1. The standard InChI is InChI=1S/C13H16N2O2S/c1-16-9-3-4-11-12(7-9)18-13(15-11)14-8-5-10(6-8)17-2/h3-4,7-8,10H,5-6H2,1-2H3,(H,14,15). The smallest absolute Gasteiger partial charge is 0.184 e. The quantitative estimate of drug-likeness (QED) is 0.922. The Kier molecular flexibility index (Phi) is 3.09. The van der Waals surface area contributed by atoms with Crippen LogP contribution in [0.1, 0.15) is 12.8 Å². The molecule has 1 aliphatic carbocycles. The van der Waals surface area contributed by atoms with E-state index in [9.17, 15) is 0 Å². The highest BCUT2D eigenvalue weighted by Crippen LogP contribution is 2.32. The van der Waals surface area contributed by atoms with Crippen molar-refractivity contribution in [3.05, 3.63) is 18.2 Å². The lowest BCUT2D eigenvalue weighted by atomic mass is 9.89. The number of nitrogens with zero attached hydrogens (tertiary/aromatic N) is 1. The predicted molar refractivity (Wildman–Crippen MR) is 73.6 cm³/mol. The zero-order chi connectivity index (χ0) is 12.5. The van der Waals surface area contributed by atoms with E-state index in [2.05, 4.69) is 10.3 Å². The van der Waals surface area contributed by atoms with Gasteiger partial charge in [0.2, 0.25) is 0 Å². The third-order valence-corrected chi connectivity index (χ3v) is 4.30. The van der Waals surface area contributed by atoms with Crippen molar-refractivity contribution in [1.82, 2.24) is 4.98 Å². The summed E-state index contributed by atoms with van der Waals surface area (Å²) < 4.78 is 11.6. The molecule has 2 aromatic rings. The first-order valence-corrected chi connectivity index (χ1v) is 6.84. The molecule has 0 atom stereocenters. The van der Waals surface area contributed by atoms with Gasteiger partial charge in [-0.3, -0.25) is 0 Å². The predicted octanol–water partition coefficient (Wildman–Crippen LogP) is 2.89. The normalized spacial score (nSPS) is 22.8. The van der Waals surface area contributed by atoms with E-state index in [4.69, 9.17) is 9.47 Å². The van der Waals surface area contributed by atoms with Crippen molar-refractivity contribution in [2.75, 3.05) is 19.5 Å². The van der Waals surface area contributed by atoms with E-state index in [1.807, 2.05) is 18.2 Å². The van der Waals surface area contributed by atoms with E-state index in [1.54, 1.807) is 25.6 Å². The van der Waals surface area contributed by atoms with E-state index in [-0.39, 0.29) is 0 Å². The van der Waals surface area contributed by atoms with Gasteiger partial charge < -0.3 is 14.8 Å². The SMILES string of the molecule is COc1ccc2nc(NC3CC(OC)C3)sc2c1. The molecule has 0 spiro atoms. The van der Waals surface area contributed by atoms with Gasteiger partial charge in [0.15, 0.2) is 5.13 Å². The van der Waals surface area contributed by atoms with Crippen LogP contribution in [0.4, 0.5) is 5.13 Å². The number of methoxy groups -OCH3 is 2. The van der Waals surface area contributed by atoms with Gasteiger partial charge in [-0.25, -0.2) is 4.98 Å². The van der Waals surface area contributed by atoms with E-state index >= 15 is 0 Å². The minimum atomic E-state index is 0.414. The van der Waals surface area contributed by atoms with Gasteiger partial charge in [-0.05, 0) is 31.0 Å². The Balaban J connectivity index is 1.73. The van der Waals surface area contributed by atoms with Crippen LogP contribution in [0.5, 0.6) is 5.75 Å². The summed E-state index contributed by atoms with van der Waals surface area (Å²) in [4.78, 5) is 4.57. The molecule has 1 N–H and O–H groups in total. The average molecular weight is 264 g/mol. The lowest BCUT2D eigenvalue weighted by molar-refractivity contribution is 0.0329. The minimum Gasteiger partial charge on any atom is -0.497 e. The summed E-state index contributed by atoms with van der Waals surface area (Å²) in [5.74, 6) is 0.876. The molecular formula is C13H16N2O2S. The summed E-state index contributed by atoms with van der Waals surface area (Å²) in [5, 5.41) is 4.44. The Morgan fingerprint density at radius 3 is 2.89 bits per heavy atom. The molecule has 0 aliphatic heterocycles. The van der Waals surface area contributed by atoms with Crippen molar-refractivity contribution in [3.63, 3.8) is 0 Å².